The molecule has 0 fully saturated rings. The molecule has 0 aliphatic rings. The van der Waals surface area contributed by atoms with Gasteiger partial charge >= 0.3 is 165 Å². The molecule has 1 aromatic carbocycles. The molecule has 0 aliphatic carbocycles. The molecule has 0 bridgehead atoms. The molecule has 0 atom stereocenters. The molecule has 4 heteroatoms. The maximum absolute atomic E-state index is 2.51. The third kappa shape index (κ3) is 2.66. The van der Waals surface area contributed by atoms with Crippen LogP contribution in [0.1, 0.15) is 41.5 Å². The van der Waals surface area contributed by atoms with Crippen molar-refractivity contribution in [3.05, 3.63) is 24.3 Å². The van der Waals surface area contributed by atoms with Crippen molar-refractivity contribution in [2.45, 2.75) is 64.0 Å². The number of rotatable bonds is 5. The molecule has 3 aromatic rings. The van der Waals surface area contributed by atoms with Crippen molar-refractivity contribution in [3.63, 3.8) is 0 Å². The number of hydrogen-bond donors (Lipinski definition) is 0. The third-order valence-electron chi connectivity index (χ3n) is 5.63. The predicted octanol–water partition coefficient (Wildman–Crippen LogP) is 5.37. The molecular formula is C20H28SSe2Si. The second-order valence-electron chi connectivity index (χ2n) is 7.62. The van der Waals surface area contributed by atoms with Crippen LogP contribution in [0.15, 0.2) is 24.3 Å². The van der Waals surface area contributed by atoms with Crippen LogP contribution >= 0.6 is 11.3 Å². The predicted molar refractivity (Wildman–Crippen MR) is 118 cm³/mol. The minimum atomic E-state index is -1.50. The third-order valence-corrected chi connectivity index (χ3v) is 21.9. The summed E-state index contributed by atoms with van der Waals surface area (Å²) in [5, 5.41) is 1.55. The molecule has 0 unspecified atom stereocenters. The molecule has 2 heterocycles. The Balaban J connectivity index is 2.39. The molecule has 0 aliphatic heterocycles. The van der Waals surface area contributed by atoms with Gasteiger partial charge in [0.15, 0.2) is 0 Å². The Kier molecular flexibility index (Phi) is 5.58. The topological polar surface area (TPSA) is 0 Å². The molecule has 0 saturated heterocycles. The molecule has 0 nitrogen and oxygen atoms in total. The zero-order valence-electron chi connectivity index (χ0n) is 15.8. The van der Waals surface area contributed by atoms with Crippen LogP contribution in [0.5, 0.6) is 0 Å². The second-order valence-corrected chi connectivity index (χ2v) is 19.2. The summed E-state index contributed by atoms with van der Waals surface area (Å²) >= 11 is 3.22. The van der Waals surface area contributed by atoms with E-state index >= 15 is 0 Å². The van der Waals surface area contributed by atoms with Crippen molar-refractivity contribution in [1.82, 2.24) is 0 Å². The van der Waals surface area contributed by atoms with E-state index in [0.717, 1.165) is 16.6 Å². The van der Waals surface area contributed by atoms with Gasteiger partial charge in [-0.2, -0.15) is 0 Å². The van der Waals surface area contributed by atoms with Crippen molar-refractivity contribution in [3.8, 4) is 0 Å². The van der Waals surface area contributed by atoms with Crippen LogP contribution in [0.3, 0.4) is 0 Å². The summed E-state index contributed by atoms with van der Waals surface area (Å²) in [6.45, 7) is 15.1. The van der Waals surface area contributed by atoms with E-state index in [0.29, 0.717) is 29.5 Å². The van der Waals surface area contributed by atoms with Crippen LogP contribution in [0.25, 0.3) is 19.0 Å². The summed E-state index contributed by atoms with van der Waals surface area (Å²) in [7, 11) is -1.50. The van der Waals surface area contributed by atoms with Crippen LogP contribution in [0, 0.1) is 0 Å². The number of thiophene rings is 1. The van der Waals surface area contributed by atoms with Crippen LogP contribution in [-0.2, 0) is 0 Å². The summed E-state index contributed by atoms with van der Waals surface area (Å²) in [6.07, 6.45) is 0. The van der Waals surface area contributed by atoms with Gasteiger partial charge in [-0.05, 0) is 0 Å². The summed E-state index contributed by atoms with van der Waals surface area (Å²) in [5.41, 5.74) is 2.48. The van der Waals surface area contributed by atoms with E-state index in [-0.39, 0.29) is 0 Å². The first-order chi connectivity index (χ1) is 11.4. The van der Waals surface area contributed by atoms with Gasteiger partial charge in [-0.25, -0.2) is 0 Å². The van der Waals surface area contributed by atoms with Gasteiger partial charge in [0.05, 0.1) is 0 Å². The van der Waals surface area contributed by atoms with Crippen molar-refractivity contribution in [1.29, 1.82) is 0 Å². The van der Waals surface area contributed by atoms with Crippen molar-refractivity contribution >= 4 is 76.4 Å². The van der Waals surface area contributed by atoms with Crippen molar-refractivity contribution in [2.24, 2.45) is 0 Å². The first kappa shape index (κ1) is 19.0. The zero-order chi connectivity index (χ0) is 17.6. The summed E-state index contributed by atoms with van der Waals surface area (Å²) in [6, 6.07) is 9.08. The molecule has 24 heavy (non-hydrogen) atoms. The quantitative estimate of drug-likeness (QED) is 0.425. The molecule has 2 aromatic heterocycles. The van der Waals surface area contributed by atoms with Gasteiger partial charge in [-0.1, -0.05) is 0 Å². The molecule has 0 saturated carbocycles. The van der Waals surface area contributed by atoms with Gasteiger partial charge in [-0.15, -0.1) is 0 Å². The van der Waals surface area contributed by atoms with Crippen LogP contribution in [0.2, 0.25) is 22.4 Å². The molecule has 0 amide bonds. The molecule has 0 radical (unpaired) electrons. The Morgan fingerprint density at radius 1 is 0.958 bits per heavy atom. The van der Waals surface area contributed by atoms with E-state index < -0.39 is 8.07 Å². The summed E-state index contributed by atoms with van der Waals surface area (Å²) in [4.78, 5) is 0. The molecule has 130 valence electrons. The first-order valence-corrected chi connectivity index (χ1v) is 16.2. The monoisotopic (exact) mass is 488 g/mol. The number of benzene rings is 1. The second kappa shape index (κ2) is 7.06. The summed E-state index contributed by atoms with van der Waals surface area (Å²) in [5.74, 6) is 2.44. The van der Waals surface area contributed by atoms with Crippen molar-refractivity contribution < 1.29 is 0 Å². The molecular weight excluding hydrogens is 458 g/mol. The van der Waals surface area contributed by atoms with E-state index in [1.54, 1.807) is 18.8 Å². The van der Waals surface area contributed by atoms with Crippen LogP contribution in [-0.4, -0.2) is 37.5 Å². The molecule has 0 N–H and O–H groups in total. The molecule has 3 rings (SSSR count). The van der Waals surface area contributed by atoms with Gasteiger partial charge in [0.25, 0.3) is 0 Å². The van der Waals surface area contributed by atoms with Gasteiger partial charge in [0.1, 0.15) is 0 Å². The van der Waals surface area contributed by atoms with Gasteiger partial charge in [0, 0.05) is 0 Å². The van der Waals surface area contributed by atoms with E-state index in [2.05, 4.69) is 83.0 Å². The molecule has 0 spiro atoms. The van der Waals surface area contributed by atoms with E-state index in [1.807, 2.05) is 4.06 Å². The summed E-state index contributed by atoms with van der Waals surface area (Å²) < 4.78 is 8.67. The minimum absolute atomic E-state index is 0.549. The SMILES string of the molecule is C[Se]c1c([Si](C(C)C)(C(C)C)C(C)C)[se]c2c1sc1ccccc12. The number of hydrogen-bond acceptors (Lipinski definition) is 1. The average Bonchev–Trinajstić information content (AvgIpc) is 3.02. The van der Waals surface area contributed by atoms with Crippen LogP contribution in [0.4, 0.5) is 0 Å². The Morgan fingerprint density at radius 2 is 1.54 bits per heavy atom. The van der Waals surface area contributed by atoms with E-state index in [9.17, 15) is 0 Å². The van der Waals surface area contributed by atoms with Gasteiger partial charge in [0.2, 0.25) is 0 Å². The van der Waals surface area contributed by atoms with Crippen molar-refractivity contribution in [2.75, 3.05) is 0 Å². The fraction of sp³-hybridized carbons (Fsp3) is 0.500. The average molecular weight is 487 g/mol. The Morgan fingerprint density at radius 3 is 2.08 bits per heavy atom. The van der Waals surface area contributed by atoms with Gasteiger partial charge in [-0.3, -0.25) is 0 Å². The fourth-order valence-electron chi connectivity index (χ4n) is 4.78. The maximum atomic E-state index is 2.51. The normalized spacial score (nSPS) is 13.2. The number of fused-ring (bicyclic) bond motifs is 3. The fourth-order valence-corrected chi connectivity index (χ4v) is 25.9. The Bertz CT molecular complexity index is 835. The van der Waals surface area contributed by atoms with E-state index in [1.165, 1.54) is 4.70 Å². The Labute approximate surface area is 164 Å². The Hall–Kier alpha value is 0.176. The standard InChI is InChI=1S/C20H28SSe2Si/c1-12(2)24(13(3)4,14(5)6)20-19(22-7)17-18(23-20)15-10-8-9-11-16(15)21-17/h8-14H,1-7H3. The first-order valence-electron chi connectivity index (χ1n) is 8.84. The zero-order valence-corrected chi connectivity index (χ0v) is 21.0. The van der Waals surface area contributed by atoms with Gasteiger partial charge < -0.3 is 0 Å². The van der Waals surface area contributed by atoms with E-state index in [4.69, 9.17) is 0 Å². The van der Waals surface area contributed by atoms with Crippen LogP contribution < -0.4 is 8.52 Å².